The SMILES string of the molecule is c1ccc(CN(Cc2ccccc2)c2nccc3[nH]cnc23)cc1. The van der Waals surface area contributed by atoms with Crippen molar-refractivity contribution in [2.24, 2.45) is 0 Å². The Labute approximate surface area is 140 Å². The second-order valence-corrected chi connectivity index (χ2v) is 5.76. The molecule has 0 spiro atoms. The summed E-state index contributed by atoms with van der Waals surface area (Å²) >= 11 is 0. The second kappa shape index (κ2) is 6.54. The number of fused-ring (bicyclic) bond motifs is 1. The van der Waals surface area contributed by atoms with E-state index in [1.165, 1.54) is 11.1 Å². The Bertz CT molecular complexity index is 874. The van der Waals surface area contributed by atoms with Crippen LogP contribution in [0.5, 0.6) is 0 Å². The van der Waals surface area contributed by atoms with Crippen molar-refractivity contribution in [2.45, 2.75) is 13.1 Å². The Morgan fingerprint density at radius 2 is 1.38 bits per heavy atom. The third-order valence-electron chi connectivity index (χ3n) is 4.05. The molecule has 1 N–H and O–H groups in total. The molecule has 2 aromatic carbocycles. The van der Waals surface area contributed by atoms with Crippen molar-refractivity contribution in [1.29, 1.82) is 0 Å². The molecule has 0 fully saturated rings. The molecule has 0 amide bonds. The van der Waals surface area contributed by atoms with Crippen molar-refractivity contribution in [3.05, 3.63) is 90.4 Å². The van der Waals surface area contributed by atoms with E-state index in [0.29, 0.717) is 0 Å². The van der Waals surface area contributed by atoms with E-state index < -0.39 is 0 Å². The molecule has 0 saturated carbocycles. The number of pyridine rings is 1. The summed E-state index contributed by atoms with van der Waals surface area (Å²) in [5.74, 6) is 0.904. The maximum Gasteiger partial charge on any atom is 0.157 e. The smallest absolute Gasteiger partial charge is 0.157 e. The number of rotatable bonds is 5. The van der Waals surface area contributed by atoms with Gasteiger partial charge in [0.05, 0.1) is 11.8 Å². The van der Waals surface area contributed by atoms with E-state index in [0.717, 1.165) is 29.9 Å². The standard InChI is InChI=1S/C20H18N4/c1-3-7-16(8-4-1)13-24(14-17-9-5-2-6-10-17)20-19-18(11-12-21-20)22-15-23-19/h1-12,15H,13-14H2,(H,22,23). The molecule has 2 aromatic heterocycles. The number of aromatic nitrogens is 3. The molecular weight excluding hydrogens is 296 g/mol. The molecule has 4 aromatic rings. The molecule has 4 rings (SSSR count). The summed E-state index contributed by atoms with van der Waals surface area (Å²) < 4.78 is 0. The summed E-state index contributed by atoms with van der Waals surface area (Å²) in [6, 6.07) is 22.9. The maximum absolute atomic E-state index is 4.62. The summed E-state index contributed by atoms with van der Waals surface area (Å²) in [6.45, 7) is 1.57. The van der Waals surface area contributed by atoms with Crippen LogP contribution in [0.15, 0.2) is 79.3 Å². The van der Waals surface area contributed by atoms with Gasteiger partial charge in [-0.25, -0.2) is 9.97 Å². The first kappa shape index (κ1) is 14.5. The number of nitrogens with one attached hydrogen (secondary N) is 1. The van der Waals surface area contributed by atoms with Crippen LogP contribution < -0.4 is 4.90 Å². The molecule has 0 saturated heterocycles. The quantitative estimate of drug-likeness (QED) is 0.601. The van der Waals surface area contributed by atoms with Gasteiger partial charge in [0.25, 0.3) is 0 Å². The van der Waals surface area contributed by atoms with Crippen molar-refractivity contribution in [1.82, 2.24) is 15.0 Å². The van der Waals surface area contributed by atoms with Gasteiger partial charge in [0.1, 0.15) is 5.52 Å². The number of nitrogens with zero attached hydrogens (tertiary/aromatic N) is 3. The van der Waals surface area contributed by atoms with E-state index in [1.54, 1.807) is 6.33 Å². The van der Waals surface area contributed by atoms with Crippen LogP contribution in [0, 0.1) is 0 Å². The highest BCUT2D eigenvalue weighted by Gasteiger charge is 2.14. The van der Waals surface area contributed by atoms with Crippen molar-refractivity contribution in [2.75, 3.05) is 4.90 Å². The molecule has 0 atom stereocenters. The Balaban J connectivity index is 1.73. The minimum atomic E-state index is 0.786. The van der Waals surface area contributed by atoms with Crippen LogP contribution in [0.3, 0.4) is 0 Å². The van der Waals surface area contributed by atoms with E-state index in [4.69, 9.17) is 0 Å². The third kappa shape index (κ3) is 2.99. The van der Waals surface area contributed by atoms with Gasteiger partial charge in [-0.3, -0.25) is 0 Å². The summed E-state index contributed by atoms with van der Waals surface area (Å²) in [6.07, 6.45) is 3.55. The lowest BCUT2D eigenvalue weighted by molar-refractivity contribution is 0.787. The van der Waals surface area contributed by atoms with E-state index in [-0.39, 0.29) is 0 Å². The molecule has 4 nitrogen and oxygen atoms in total. The molecule has 0 aliphatic carbocycles. The molecule has 118 valence electrons. The molecule has 24 heavy (non-hydrogen) atoms. The molecular formula is C20H18N4. The lowest BCUT2D eigenvalue weighted by atomic mass is 10.1. The van der Waals surface area contributed by atoms with E-state index in [2.05, 4.69) is 68.4 Å². The fourth-order valence-electron chi connectivity index (χ4n) is 2.90. The highest BCUT2D eigenvalue weighted by atomic mass is 15.2. The first-order chi connectivity index (χ1) is 11.9. The Kier molecular flexibility index (Phi) is 3.94. The predicted molar refractivity (Wildman–Crippen MR) is 96.7 cm³/mol. The number of anilines is 1. The Morgan fingerprint density at radius 3 is 2.00 bits per heavy atom. The number of hydrogen-bond donors (Lipinski definition) is 1. The van der Waals surface area contributed by atoms with Crippen LogP contribution in [-0.4, -0.2) is 15.0 Å². The number of aromatic amines is 1. The van der Waals surface area contributed by atoms with Crippen molar-refractivity contribution in [3.8, 4) is 0 Å². The predicted octanol–water partition coefficient (Wildman–Crippen LogP) is 4.16. The summed E-state index contributed by atoms with van der Waals surface area (Å²) in [5.41, 5.74) is 4.42. The zero-order valence-electron chi connectivity index (χ0n) is 13.3. The van der Waals surface area contributed by atoms with Crippen molar-refractivity contribution in [3.63, 3.8) is 0 Å². The number of benzene rings is 2. The average Bonchev–Trinajstić information content (AvgIpc) is 3.12. The lowest BCUT2D eigenvalue weighted by Gasteiger charge is -2.24. The van der Waals surface area contributed by atoms with Crippen LogP contribution in [0.25, 0.3) is 11.0 Å². The topological polar surface area (TPSA) is 44.8 Å². The number of imidazole rings is 1. The monoisotopic (exact) mass is 314 g/mol. The molecule has 0 radical (unpaired) electrons. The number of H-pyrrole nitrogens is 1. The Morgan fingerprint density at radius 1 is 0.750 bits per heavy atom. The first-order valence-corrected chi connectivity index (χ1v) is 8.01. The van der Waals surface area contributed by atoms with E-state index in [1.807, 2.05) is 24.4 Å². The number of hydrogen-bond acceptors (Lipinski definition) is 3. The second-order valence-electron chi connectivity index (χ2n) is 5.76. The molecule has 0 aliphatic rings. The average molecular weight is 314 g/mol. The van der Waals surface area contributed by atoms with Gasteiger partial charge < -0.3 is 9.88 Å². The highest BCUT2D eigenvalue weighted by molar-refractivity contribution is 5.85. The third-order valence-corrected chi connectivity index (χ3v) is 4.05. The van der Waals surface area contributed by atoms with Gasteiger partial charge in [0, 0.05) is 19.3 Å². The highest BCUT2D eigenvalue weighted by Crippen LogP contribution is 2.24. The van der Waals surface area contributed by atoms with Gasteiger partial charge in [0.2, 0.25) is 0 Å². The largest absolute Gasteiger partial charge is 0.346 e. The fourth-order valence-corrected chi connectivity index (χ4v) is 2.90. The van der Waals surface area contributed by atoms with Crippen LogP contribution in [0.1, 0.15) is 11.1 Å². The summed E-state index contributed by atoms with van der Waals surface area (Å²) in [5, 5.41) is 0. The van der Waals surface area contributed by atoms with E-state index >= 15 is 0 Å². The first-order valence-electron chi connectivity index (χ1n) is 8.01. The van der Waals surface area contributed by atoms with Gasteiger partial charge in [-0.2, -0.15) is 0 Å². The van der Waals surface area contributed by atoms with Crippen molar-refractivity contribution < 1.29 is 0 Å². The van der Waals surface area contributed by atoms with Gasteiger partial charge in [-0.05, 0) is 17.2 Å². The van der Waals surface area contributed by atoms with Gasteiger partial charge in [-0.1, -0.05) is 60.7 Å². The van der Waals surface area contributed by atoms with Crippen molar-refractivity contribution >= 4 is 16.9 Å². The van der Waals surface area contributed by atoms with Crippen LogP contribution >= 0.6 is 0 Å². The minimum absolute atomic E-state index is 0.786. The fraction of sp³-hybridized carbons (Fsp3) is 0.100. The zero-order chi connectivity index (χ0) is 16.2. The molecule has 0 bridgehead atoms. The lowest BCUT2D eigenvalue weighted by Crippen LogP contribution is -2.23. The Hall–Kier alpha value is -3.14. The maximum atomic E-state index is 4.62. The van der Waals surface area contributed by atoms with Gasteiger partial charge >= 0.3 is 0 Å². The van der Waals surface area contributed by atoms with Gasteiger partial charge in [-0.15, -0.1) is 0 Å². The van der Waals surface area contributed by atoms with E-state index in [9.17, 15) is 0 Å². The summed E-state index contributed by atoms with van der Waals surface area (Å²) in [4.78, 5) is 14.5. The molecule has 4 heteroatoms. The normalized spacial score (nSPS) is 10.8. The summed E-state index contributed by atoms with van der Waals surface area (Å²) in [7, 11) is 0. The van der Waals surface area contributed by atoms with Crippen LogP contribution in [-0.2, 0) is 13.1 Å². The molecule has 0 aliphatic heterocycles. The van der Waals surface area contributed by atoms with Crippen LogP contribution in [0.2, 0.25) is 0 Å². The zero-order valence-corrected chi connectivity index (χ0v) is 13.3. The van der Waals surface area contributed by atoms with Gasteiger partial charge in [0.15, 0.2) is 5.82 Å². The minimum Gasteiger partial charge on any atom is -0.346 e. The molecule has 0 unspecified atom stereocenters. The molecule has 2 heterocycles. The van der Waals surface area contributed by atoms with Crippen LogP contribution in [0.4, 0.5) is 5.82 Å².